The number of hydrogen-bond acceptors (Lipinski definition) is 4. The second-order valence-electron chi connectivity index (χ2n) is 5.87. The molecule has 0 spiro atoms. The highest BCUT2D eigenvalue weighted by atomic mass is 16.5. The summed E-state index contributed by atoms with van der Waals surface area (Å²) in [7, 11) is 1.43. The van der Waals surface area contributed by atoms with Gasteiger partial charge in [-0.2, -0.15) is 0 Å². The molecule has 1 aliphatic carbocycles. The predicted molar refractivity (Wildman–Crippen MR) is 80.1 cm³/mol. The van der Waals surface area contributed by atoms with Crippen LogP contribution in [-0.4, -0.2) is 43.8 Å². The highest BCUT2D eigenvalue weighted by molar-refractivity contribution is 5.69. The van der Waals surface area contributed by atoms with Gasteiger partial charge >= 0.3 is 5.97 Å². The number of fused-ring (bicyclic) bond motifs is 1. The third-order valence-corrected chi connectivity index (χ3v) is 4.57. The van der Waals surface area contributed by atoms with Crippen LogP contribution in [0.4, 0.5) is 0 Å². The summed E-state index contributed by atoms with van der Waals surface area (Å²) in [5, 5.41) is 0. The maximum absolute atomic E-state index is 11.4. The van der Waals surface area contributed by atoms with Crippen LogP contribution in [0.1, 0.15) is 36.4 Å². The van der Waals surface area contributed by atoms with Gasteiger partial charge in [0.15, 0.2) is 0 Å². The normalized spacial score (nSPS) is 26.1. The monoisotopic (exact) mass is 289 g/mol. The van der Waals surface area contributed by atoms with Crippen LogP contribution in [0, 0.1) is 0 Å². The number of rotatable bonds is 3. The average molecular weight is 289 g/mol. The highest BCUT2D eigenvalue weighted by Gasteiger charge is 2.31. The van der Waals surface area contributed by atoms with Crippen LogP contribution < -0.4 is 0 Å². The first-order valence-corrected chi connectivity index (χ1v) is 7.78. The van der Waals surface area contributed by atoms with Gasteiger partial charge in [-0.1, -0.05) is 24.3 Å². The van der Waals surface area contributed by atoms with E-state index in [4.69, 9.17) is 9.47 Å². The molecule has 2 atom stereocenters. The van der Waals surface area contributed by atoms with Crippen LogP contribution in [0.2, 0.25) is 0 Å². The van der Waals surface area contributed by atoms with Gasteiger partial charge in [-0.15, -0.1) is 0 Å². The van der Waals surface area contributed by atoms with Gasteiger partial charge in [-0.05, 0) is 30.4 Å². The van der Waals surface area contributed by atoms with E-state index < -0.39 is 0 Å². The lowest BCUT2D eigenvalue weighted by Crippen LogP contribution is -2.45. The lowest BCUT2D eigenvalue weighted by Gasteiger charge is -2.40. The smallest absolute Gasteiger partial charge is 0.308 e. The minimum atomic E-state index is -0.189. The van der Waals surface area contributed by atoms with Crippen molar-refractivity contribution in [1.29, 1.82) is 0 Å². The molecule has 0 N–H and O–H groups in total. The van der Waals surface area contributed by atoms with Crippen LogP contribution >= 0.6 is 0 Å². The first-order valence-electron chi connectivity index (χ1n) is 7.78. The van der Waals surface area contributed by atoms with Crippen LogP contribution in [-0.2, 0) is 20.7 Å². The zero-order valence-corrected chi connectivity index (χ0v) is 12.6. The van der Waals surface area contributed by atoms with Gasteiger partial charge in [0.1, 0.15) is 0 Å². The molecule has 1 aromatic rings. The Morgan fingerprint density at radius 1 is 1.43 bits per heavy atom. The second kappa shape index (κ2) is 6.58. The SMILES string of the molecule is COC(=O)C[C@@H]1CN([C@@H]2CCCc3ccccc32)CCO1. The molecule has 0 unspecified atom stereocenters. The number of hydrogen-bond donors (Lipinski definition) is 0. The number of ether oxygens (including phenoxy) is 2. The zero-order chi connectivity index (χ0) is 14.7. The Bertz CT molecular complexity index is 503. The fourth-order valence-electron chi connectivity index (χ4n) is 3.53. The fourth-order valence-corrected chi connectivity index (χ4v) is 3.53. The highest BCUT2D eigenvalue weighted by Crippen LogP contribution is 2.35. The summed E-state index contributed by atoms with van der Waals surface area (Å²) in [5.41, 5.74) is 2.94. The molecular formula is C17H23NO3. The Balaban J connectivity index is 1.71. The molecule has 4 nitrogen and oxygen atoms in total. The van der Waals surface area contributed by atoms with Crippen molar-refractivity contribution in [2.24, 2.45) is 0 Å². The molecule has 3 rings (SSSR count). The molecule has 0 radical (unpaired) electrons. The summed E-state index contributed by atoms with van der Waals surface area (Å²) in [6.07, 6.45) is 3.92. The van der Waals surface area contributed by atoms with E-state index in [0.29, 0.717) is 19.1 Å². The van der Waals surface area contributed by atoms with Crippen molar-refractivity contribution in [2.45, 2.75) is 37.8 Å². The van der Waals surface area contributed by atoms with E-state index >= 15 is 0 Å². The molecular weight excluding hydrogens is 266 g/mol. The largest absolute Gasteiger partial charge is 0.469 e. The van der Waals surface area contributed by atoms with E-state index in [1.807, 2.05) is 0 Å². The minimum Gasteiger partial charge on any atom is -0.469 e. The molecule has 2 aliphatic rings. The van der Waals surface area contributed by atoms with Crippen LogP contribution in [0.25, 0.3) is 0 Å². The van der Waals surface area contributed by atoms with Gasteiger partial charge in [-0.25, -0.2) is 0 Å². The van der Waals surface area contributed by atoms with Gasteiger partial charge in [0.05, 0.1) is 26.2 Å². The lowest BCUT2D eigenvalue weighted by molar-refractivity contribution is -0.146. The van der Waals surface area contributed by atoms with E-state index in [1.54, 1.807) is 0 Å². The fraction of sp³-hybridized carbons (Fsp3) is 0.588. The number of benzene rings is 1. The molecule has 0 bridgehead atoms. The summed E-state index contributed by atoms with van der Waals surface area (Å²) in [5.74, 6) is -0.189. The van der Waals surface area contributed by atoms with Gasteiger partial charge in [0, 0.05) is 19.1 Å². The zero-order valence-electron chi connectivity index (χ0n) is 12.6. The van der Waals surface area contributed by atoms with Crippen molar-refractivity contribution in [3.05, 3.63) is 35.4 Å². The molecule has 1 heterocycles. The molecule has 114 valence electrons. The third kappa shape index (κ3) is 3.27. The summed E-state index contributed by atoms with van der Waals surface area (Å²) in [4.78, 5) is 13.9. The van der Waals surface area contributed by atoms with Crippen molar-refractivity contribution in [1.82, 2.24) is 4.90 Å². The number of carbonyl (C=O) groups excluding carboxylic acids is 1. The summed E-state index contributed by atoms with van der Waals surface area (Å²) in [6, 6.07) is 9.22. The van der Waals surface area contributed by atoms with Crippen molar-refractivity contribution in [3.8, 4) is 0 Å². The summed E-state index contributed by atoms with van der Waals surface area (Å²) in [6.45, 7) is 2.45. The Hall–Kier alpha value is -1.39. The number of morpholine rings is 1. The van der Waals surface area contributed by atoms with E-state index in [1.165, 1.54) is 37.5 Å². The van der Waals surface area contributed by atoms with Crippen molar-refractivity contribution in [2.75, 3.05) is 26.8 Å². The van der Waals surface area contributed by atoms with Gasteiger partial charge in [-0.3, -0.25) is 9.69 Å². The van der Waals surface area contributed by atoms with Gasteiger partial charge < -0.3 is 9.47 Å². The Labute approximate surface area is 126 Å². The minimum absolute atomic E-state index is 0.0414. The standard InChI is InChI=1S/C17H23NO3/c1-20-17(19)11-14-12-18(9-10-21-14)16-8-4-6-13-5-2-3-7-15(13)16/h2-3,5,7,14,16H,4,6,8-12H2,1H3/t14-,16-/m1/s1. The Morgan fingerprint density at radius 3 is 3.14 bits per heavy atom. The third-order valence-electron chi connectivity index (χ3n) is 4.57. The summed E-state index contributed by atoms with van der Waals surface area (Å²) >= 11 is 0. The first-order chi connectivity index (χ1) is 10.3. The van der Waals surface area contributed by atoms with Crippen molar-refractivity contribution in [3.63, 3.8) is 0 Å². The predicted octanol–water partition coefficient (Wildman–Crippen LogP) is 2.33. The molecule has 4 heteroatoms. The number of methoxy groups -OCH3 is 1. The van der Waals surface area contributed by atoms with Crippen LogP contribution in [0.5, 0.6) is 0 Å². The maximum atomic E-state index is 11.4. The number of carbonyl (C=O) groups is 1. The van der Waals surface area contributed by atoms with Gasteiger partial charge in [0.2, 0.25) is 0 Å². The number of nitrogens with zero attached hydrogens (tertiary/aromatic N) is 1. The number of aryl methyl sites for hydroxylation is 1. The number of esters is 1. The van der Waals surface area contributed by atoms with E-state index in [2.05, 4.69) is 29.2 Å². The summed E-state index contributed by atoms with van der Waals surface area (Å²) < 4.78 is 10.5. The van der Waals surface area contributed by atoms with E-state index in [9.17, 15) is 4.79 Å². The van der Waals surface area contributed by atoms with Crippen molar-refractivity contribution < 1.29 is 14.3 Å². The molecule has 0 amide bonds. The van der Waals surface area contributed by atoms with Crippen LogP contribution in [0.3, 0.4) is 0 Å². The van der Waals surface area contributed by atoms with Crippen LogP contribution in [0.15, 0.2) is 24.3 Å². The van der Waals surface area contributed by atoms with Crippen molar-refractivity contribution >= 4 is 5.97 Å². The maximum Gasteiger partial charge on any atom is 0.308 e. The van der Waals surface area contributed by atoms with E-state index in [-0.39, 0.29) is 12.1 Å². The molecule has 1 aliphatic heterocycles. The Morgan fingerprint density at radius 2 is 2.29 bits per heavy atom. The molecule has 0 saturated carbocycles. The molecule has 21 heavy (non-hydrogen) atoms. The molecule has 0 aromatic heterocycles. The van der Waals surface area contributed by atoms with E-state index in [0.717, 1.165) is 13.1 Å². The second-order valence-corrected chi connectivity index (χ2v) is 5.87. The molecule has 1 aromatic carbocycles. The topological polar surface area (TPSA) is 38.8 Å². The Kier molecular flexibility index (Phi) is 4.56. The van der Waals surface area contributed by atoms with Gasteiger partial charge in [0.25, 0.3) is 0 Å². The average Bonchev–Trinajstić information content (AvgIpc) is 2.54. The lowest BCUT2D eigenvalue weighted by atomic mass is 9.86. The quantitative estimate of drug-likeness (QED) is 0.801. The first kappa shape index (κ1) is 14.5. The molecule has 1 fully saturated rings. The molecule has 1 saturated heterocycles.